The number of hydrogen-bond acceptors (Lipinski definition) is 3. The summed E-state index contributed by atoms with van der Waals surface area (Å²) in [4.78, 5) is 2.57. The number of nitrogens with zero attached hydrogens (tertiary/aromatic N) is 1. The van der Waals surface area contributed by atoms with Gasteiger partial charge in [-0.3, -0.25) is 4.90 Å². The molecule has 0 bridgehead atoms. The Kier molecular flexibility index (Phi) is 5.06. The highest BCUT2D eigenvalue weighted by Crippen LogP contribution is 2.20. The zero-order valence-electron chi connectivity index (χ0n) is 13.2. The van der Waals surface area contributed by atoms with E-state index in [9.17, 15) is 0 Å². The maximum absolute atomic E-state index is 5.84. The first-order chi connectivity index (χ1) is 9.48. The van der Waals surface area contributed by atoms with Gasteiger partial charge in [-0.05, 0) is 31.9 Å². The van der Waals surface area contributed by atoms with Crippen LogP contribution in [-0.4, -0.2) is 42.7 Å². The molecule has 112 valence electrons. The molecular formula is C17H28N2O. The van der Waals surface area contributed by atoms with E-state index < -0.39 is 0 Å². The Labute approximate surface area is 123 Å². The van der Waals surface area contributed by atoms with E-state index in [1.165, 1.54) is 0 Å². The summed E-state index contributed by atoms with van der Waals surface area (Å²) in [5.74, 6) is 1.62. The maximum Gasteiger partial charge on any atom is 0.119 e. The van der Waals surface area contributed by atoms with Crippen molar-refractivity contribution < 1.29 is 4.74 Å². The van der Waals surface area contributed by atoms with Crippen LogP contribution in [0.5, 0.6) is 5.75 Å². The van der Waals surface area contributed by atoms with Crippen molar-refractivity contribution >= 4 is 0 Å². The van der Waals surface area contributed by atoms with Crippen LogP contribution >= 0.6 is 0 Å². The summed E-state index contributed by atoms with van der Waals surface area (Å²) in [6.07, 6.45) is 0. The molecule has 0 aliphatic carbocycles. The van der Waals surface area contributed by atoms with Gasteiger partial charge in [0.25, 0.3) is 0 Å². The van der Waals surface area contributed by atoms with Crippen molar-refractivity contribution in [2.45, 2.75) is 39.3 Å². The Bertz CT molecular complexity index is 403. The van der Waals surface area contributed by atoms with Crippen LogP contribution in [0, 0.1) is 5.92 Å². The zero-order chi connectivity index (χ0) is 14.6. The van der Waals surface area contributed by atoms with Gasteiger partial charge < -0.3 is 10.1 Å². The largest absolute Gasteiger partial charge is 0.492 e. The Balaban J connectivity index is 1.87. The lowest BCUT2D eigenvalue weighted by atomic mass is 9.93. The molecule has 2 rings (SSSR count). The first-order valence-corrected chi connectivity index (χ1v) is 7.65. The first-order valence-electron chi connectivity index (χ1n) is 7.65. The molecule has 1 saturated heterocycles. The number of piperazine rings is 1. The van der Waals surface area contributed by atoms with Gasteiger partial charge in [0, 0.05) is 31.2 Å². The summed E-state index contributed by atoms with van der Waals surface area (Å²) in [6.45, 7) is 13.0. The van der Waals surface area contributed by atoms with Crippen molar-refractivity contribution in [2.75, 3.05) is 26.2 Å². The van der Waals surface area contributed by atoms with Gasteiger partial charge in [-0.15, -0.1) is 0 Å². The fourth-order valence-electron chi connectivity index (χ4n) is 2.89. The molecule has 1 N–H and O–H groups in total. The van der Waals surface area contributed by atoms with Gasteiger partial charge >= 0.3 is 0 Å². The lowest BCUT2D eigenvalue weighted by Crippen LogP contribution is -2.63. The van der Waals surface area contributed by atoms with Crippen molar-refractivity contribution in [3.8, 4) is 5.75 Å². The van der Waals surface area contributed by atoms with Crippen molar-refractivity contribution in [1.29, 1.82) is 0 Å². The predicted molar refractivity (Wildman–Crippen MR) is 84.2 cm³/mol. The lowest BCUT2D eigenvalue weighted by molar-refractivity contribution is 0.0573. The summed E-state index contributed by atoms with van der Waals surface area (Å²) in [7, 11) is 0. The maximum atomic E-state index is 5.84. The molecule has 1 atom stereocenters. The van der Waals surface area contributed by atoms with Crippen molar-refractivity contribution in [1.82, 2.24) is 10.2 Å². The highest BCUT2D eigenvalue weighted by molar-refractivity contribution is 5.20. The molecule has 0 spiro atoms. The molecule has 0 aromatic heterocycles. The molecule has 3 nitrogen and oxygen atoms in total. The third-order valence-corrected chi connectivity index (χ3v) is 4.02. The third kappa shape index (κ3) is 4.22. The normalized spacial score (nSPS) is 22.9. The average molecular weight is 276 g/mol. The molecule has 3 heteroatoms. The van der Waals surface area contributed by atoms with Gasteiger partial charge in [0.05, 0.1) is 0 Å². The van der Waals surface area contributed by atoms with E-state index in [-0.39, 0.29) is 5.54 Å². The Morgan fingerprint density at radius 2 is 2.00 bits per heavy atom. The minimum Gasteiger partial charge on any atom is -0.492 e. The second-order valence-electron chi connectivity index (χ2n) is 6.71. The van der Waals surface area contributed by atoms with Crippen molar-refractivity contribution in [3.63, 3.8) is 0 Å². The van der Waals surface area contributed by atoms with Gasteiger partial charge in [0.2, 0.25) is 0 Å². The van der Waals surface area contributed by atoms with Gasteiger partial charge in [-0.2, -0.15) is 0 Å². The number of benzene rings is 1. The summed E-state index contributed by atoms with van der Waals surface area (Å²) in [6, 6.07) is 10.7. The molecule has 1 aromatic rings. The molecular weight excluding hydrogens is 248 g/mol. The zero-order valence-corrected chi connectivity index (χ0v) is 13.2. The van der Waals surface area contributed by atoms with Gasteiger partial charge in [0.15, 0.2) is 0 Å². The quantitative estimate of drug-likeness (QED) is 0.895. The SMILES string of the molecule is CC(C)C1CNC(C)(C)CN1CCOc1ccccc1. The molecule has 0 amide bonds. The Hall–Kier alpha value is -1.06. The summed E-state index contributed by atoms with van der Waals surface area (Å²) in [5, 5.41) is 3.65. The number of nitrogens with one attached hydrogen (secondary N) is 1. The van der Waals surface area contributed by atoms with Crippen LogP contribution in [-0.2, 0) is 0 Å². The van der Waals surface area contributed by atoms with Crippen LogP contribution in [0.15, 0.2) is 30.3 Å². The smallest absolute Gasteiger partial charge is 0.119 e. The van der Waals surface area contributed by atoms with Crippen LogP contribution in [0.4, 0.5) is 0 Å². The molecule has 0 radical (unpaired) electrons. The Morgan fingerprint density at radius 3 is 2.65 bits per heavy atom. The topological polar surface area (TPSA) is 24.5 Å². The minimum atomic E-state index is 0.193. The number of hydrogen-bond donors (Lipinski definition) is 1. The van der Waals surface area contributed by atoms with E-state index in [1.807, 2.05) is 30.3 Å². The van der Waals surface area contributed by atoms with Crippen molar-refractivity contribution in [2.24, 2.45) is 5.92 Å². The summed E-state index contributed by atoms with van der Waals surface area (Å²) < 4.78 is 5.84. The van der Waals surface area contributed by atoms with Crippen LogP contribution in [0.25, 0.3) is 0 Å². The molecule has 1 heterocycles. The van der Waals surface area contributed by atoms with Crippen molar-refractivity contribution in [3.05, 3.63) is 30.3 Å². The monoisotopic (exact) mass is 276 g/mol. The Morgan fingerprint density at radius 1 is 1.30 bits per heavy atom. The number of rotatable bonds is 5. The third-order valence-electron chi connectivity index (χ3n) is 4.02. The number of para-hydroxylation sites is 1. The number of ether oxygens (including phenoxy) is 1. The van der Waals surface area contributed by atoms with Gasteiger partial charge in [0.1, 0.15) is 12.4 Å². The molecule has 1 unspecified atom stereocenters. The summed E-state index contributed by atoms with van der Waals surface area (Å²) >= 11 is 0. The second-order valence-corrected chi connectivity index (χ2v) is 6.71. The van der Waals surface area contributed by atoms with Crippen LogP contribution < -0.4 is 10.1 Å². The first kappa shape index (κ1) is 15.3. The van der Waals surface area contributed by atoms with Crippen LogP contribution in [0.2, 0.25) is 0 Å². The van der Waals surface area contributed by atoms with Crippen LogP contribution in [0.1, 0.15) is 27.7 Å². The predicted octanol–water partition coefficient (Wildman–Crippen LogP) is 2.77. The van der Waals surface area contributed by atoms with E-state index in [0.717, 1.165) is 32.0 Å². The molecule has 0 saturated carbocycles. The molecule has 1 aromatic carbocycles. The molecule has 20 heavy (non-hydrogen) atoms. The second kappa shape index (κ2) is 6.59. The van der Waals surface area contributed by atoms with E-state index in [0.29, 0.717) is 12.0 Å². The van der Waals surface area contributed by atoms with E-state index in [1.54, 1.807) is 0 Å². The van der Waals surface area contributed by atoms with Gasteiger partial charge in [-0.1, -0.05) is 32.0 Å². The molecule has 1 aliphatic rings. The lowest BCUT2D eigenvalue weighted by Gasteiger charge is -2.46. The van der Waals surface area contributed by atoms with Gasteiger partial charge in [-0.25, -0.2) is 0 Å². The van der Waals surface area contributed by atoms with E-state index >= 15 is 0 Å². The fourth-order valence-corrected chi connectivity index (χ4v) is 2.89. The fraction of sp³-hybridized carbons (Fsp3) is 0.647. The summed E-state index contributed by atoms with van der Waals surface area (Å²) in [5.41, 5.74) is 0.193. The van der Waals surface area contributed by atoms with E-state index in [2.05, 4.69) is 37.9 Å². The standard InChI is InChI=1S/C17H28N2O/c1-14(2)16-12-18-17(3,4)13-19(16)10-11-20-15-8-6-5-7-9-15/h5-9,14,16,18H,10-13H2,1-4H3. The molecule has 1 aliphatic heterocycles. The minimum absolute atomic E-state index is 0.193. The van der Waals surface area contributed by atoms with Crippen LogP contribution in [0.3, 0.4) is 0 Å². The molecule has 1 fully saturated rings. The average Bonchev–Trinajstić information content (AvgIpc) is 2.38. The highest BCUT2D eigenvalue weighted by Gasteiger charge is 2.33. The highest BCUT2D eigenvalue weighted by atomic mass is 16.5. The van der Waals surface area contributed by atoms with E-state index in [4.69, 9.17) is 4.74 Å².